The van der Waals surface area contributed by atoms with E-state index in [9.17, 15) is 9.59 Å². The van der Waals surface area contributed by atoms with Crippen molar-refractivity contribution >= 4 is 49.6 Å². The summed E-state index contributed by atoms with van der Waals surface area (Å²) in [5, 5.41) is 4.69. The molecule has 2 aromatic heterocycles. The zero-order valence-corrected chi connectivity index (χ0v) is 19.8. The summed E-state index contributed by atoms with van der Waals surface area (Å²) in [5.41, 5.74) is 4.16. The molecule has 31 heavy (non-hydrogen) atoms. The van der Waals surface area contributed by atoms with Gasteiger partial charge in [-0.3, -0.25) is 14.2 Å². The van der Waals surface area contributed by atoms with Gasteiger partial charge in [0.25, 0.3) is 11.5 Å². The maximum Gasteiger partial charge on any atom is 0.262 e. The maximum atomic E-state index is 13.0. The third-order valence-corrected chi connectivity index (χ3v) is 6.92. The number of hydrogen-bond acceptors (Lipinski definition) is 6. The topological polar surface area (TPSA) is 85.6 Å². The van der Waals surface area contributed by atoms with Crippen LogP contribution < -0.4 is 15.7 Å². The minimum absolute atomic E-state index is 0.142. The molecule has 0 fully saturated rings. The van der Waals surface area contributed by atoms with Crippen molar-refractivity contribution in [2.24, 2.45) is 11.0 Å². The quantitative estimate of drug-likeness (QED) is 0.409. The summed E-state index contributed by atoms with van der Waals surface area (Å²) in [5.74, 6) is 0.899. The second-order valence-electron chi connectivity index (χ2n) is 7.62. The molecule has 9 heteroatoms. The normalized spacial score (nSPS) is 15.9. The number of amides is 1. The van der Waals surface area contributed by atoms with Crippen molar-refractivity contribution in [2.45, 2.75) is 39.7 Å². The van der Waals surface area contributed by atoms with E-state index in [4.69, 9.17) is 4.74 Å². The number of aryl methyl sites for hydroxylation is 1. The van der Waals surface area contributed by atoms with Crippen LogP contribution in [0.3, 0.4) is 0 Å². The molecule has 0 saturated carbocycles. The molecule has 1 amide bonds. The van der Waals surface area contributed by atoms with Gasteiger partial charge in [0.15, 0.2) is 0 Å². The molecule has 7 nitrogen and oxygen atoms in total. The van der Waals surface area contributed by atoms with E-state index in [0.717, 1.165) is 39.7 Å². The molecule has 1 aliphatic rings. The van der Waals surface area contributed by atoms with Crippen LogP contribution in [0.2, 0.25) is 0 Å². The number of carbonyl (C=O) groups excluding carboxylic acids is 1. The van der Waals surface area contributed by atoms with E-state index in [2.05, 4.69) is 38.4 Å². The van der Waals surface area contributed by atoms with E-state index in [1.54, 1.807) is 11.3 Å². The molecule has 0 radical (unpaired) electrons. The predicted molar refractivity (Wildman–Crippen MR) is 126 cm³/mol. The highest BCUT2D eigenvalue weighted by atomic mass is 79.9. The number of aromatic nitrogens is 2. The van der Waals surface area contributed by atoms with Gasteiger partial charge in [0.2, 0.25) is 0 Å². The molecular weight excluding hydrogens is 480 g/mol. The average Bonchev–Trinajstić information content (AvgIpc) is 3.10. The molecule has 1 N–H and O–H groups in total. The lowest BCUT2D eigenvalue weighted by molar-refractivity contribution is -0.121. The molecule has 0 bridgehead atoms. The van der Waals surface area contributed by atoms with Crippen LogP contribution in [0.4, 0.5) is 0 Å². The summed E-state index contributed by atoms with van der Waals surface area (Å²) >= 11 is 5.02. The van der Waals surface area contributed by atoms with E-state index in [1.807, 2.05) is 25.1 Å². The van der Waals surface area contributed by atoms with Crippen LogP contribution in [-0.4, -0.2) is 28.3 Å². The van der Waals surface area contributed by atoms with Gasteiger partial charge in [-0.1, -0.05) is 22.9 Å². The Hall–Kier alpha value is -2.52. The highest BCUT2D eigenvalue weighted by molar-refractivity contribution is 9.10. The molecule has 1 aromatic carbocycles. The molecule has 0 saturated heterocycles. The molecule has 4 rings (SSSR count). The Morgan fingerprint density at radius 2 is 2.32 bits per heavy atom. The first-order chi connectivity index (χ1) is 15.0. The number of nitrogens with zero attached hydrogens (tertiary/aromatic N) is 3. The SMILES string of the molecule is CCOc1ccc(Br)cc1/C=N\NC(=O)Cn1cnc2sc3c(c2c1=O)CC[C@@H](C)C3. The standard InChI is InChI=1S/C22H23BrN4O3S/c1-3-30-17-7-5-15(23)9-14(17)10-25-26-19(28)11-27-12-24-21-20(22(27)29)16-6-4-13(2)8-18(16)31-21/h5,7,9-10,12-13H,3-4,6,8,11H2,1-2H3,(H,26,28)/b25-10-/t13-/m1/s1. The van der Waals surface area contributed by atoms with Gasteiger partial charge in [-0.15, -0.1) is 11.3 Å². The van der Waals surface area contributed by atoms with E-state index >= 15 is 0 Å². The molecule has 1 aliphatic carbocycles. The van der Waals surface area contributed by atoms with Crippen LogP contribution in [0, 0.1) is 5.92 Å². The molecular formula is C22H23BrN4O3S. The average molecular weight is 503 g/mol. The fourth-order valence-corrected chi connectivity index (χ4v) is 5.47. The number of fused-ring (bicyclic) bond motifs is 3. The molecule has 162 valence electrons. The summed E-state index contributed by atoms with van der Waals surface area (Å²) in [6, 6.07) is 5.56. The summed E-state index contributed by atoms with van der Waals surface area (Å²) < 4.78 is 7.80. The van der Waals surface area contributed by atoms with Crippen molar-refractivity contribution in [1.29, 1.82) is 0 Å². The second kappa shape index (κ2) is 9.32. The van der Waals surface area contributed by atoms with Crippen LogP contribution in [0.5, 0.6) is 5.75 Å². The van der Waals surface area contributed by atoms with Gasteiger partial charge in [-0.2, -0.15) is 5.10 Å². The molecule has 2 heterocycles. The number of halogens is 1. The summed E-state index contributed by atoms with van der Waals surface area (Å²) in [4.78, 5) is 31.9. The molecule has 0 unspecified atom stereocenters. The van der Waals surface area contributed by atoms with Gasteiger partial charge in [-0.05, 0) is 55.9 Å². The van der Waals surface area contributed by atoms with Crippen LogP contribution in [0.15, 0.2) is 38.9 Å². The number of hydrazone groups is 1. The van der Waals surface area contributed by atoms with Crippen molar-refractivity contribution in [3.63, 3.8) is 0 Å². The van der Waals surface area contributed by atoms with Crippen molar-refractivity contribution < 1.29 is 9.53 Å². The Bertz CT molecular complexity index is 1220. The van der Waals surface area contributed by atoms with Gasteiger partial charge in [-0.25, -0.2) is 10.4 Å². The zero-order chi connectivity index (χ0) is 22.0. The van der Waals surface area contributed by atoms with Crippen LogP contribution >= 0.6 is 27.3 Å². The first-order valence-electron chi connectivity index (χ1n) is 10.2. The molecule has 0 spiro atoms. The van der Waals surface area contributed by atoms with E-state index in [1.165, 1.54) is 22.0 Å². The van der Waals surface area contributed by atoms with E-state index < -0.39 is 5.91 Å². The predicted octanol–water partition coefficient (Wildman–Crippen LogP) is 3.89. The lowest BCUT2D eigenvalue weighted by atomic mass is 9.89. The number of hydrogen-bond donors (Lipinski definition) is 1. The van der Waals surface area contributed by atoms with Gasteiger partial charge < -0.3 is 4.74 Å². The van der Waals surface area contributed by atoms with Crippen molar-refractivity contribution in [2.75, 3.05) is 6.61 Å². The third-order valence-electron chi connectivity index (χ3n) is 5.26. The largest absolute Gasteiger partial charge is 0.493 e. The monoisotopic (exact) mass is 502 g/mol. The Labute approximate surface area is 192 Å². The number of benzene rings is 1. The summed E-state index contributed by atoms with van der Waals surface area (Å²) in [6.45, 7) is 4.52. The Balaban J connectivity index is 1.49. The molecule has 0 aliphatic heterocycles. The van der Waals surface area contributed by atoms with Gasteiger partial charge >= 0.3 is 0 Å². The molecule has 3 aromatic rings. The zero-order valence-electron chi connectivity index (χ0n) is 17.4. The Morgan fingerprint density at radius 1 is 1.48 bits per heavy atom. The molecule has 1 atom stereocenters. The van der Waals surface area contributed by atoms with Crippen molar-refractivity contribution in [3.05, 3.63) is 55.4 Å². The minimum Gasteiger partial charge on any atom is -0.493 e. The second-order valence-corrected chi connectivity index (χ2v) is 9.62. The van der Waals surface area contributed by atoms with Crippen LogP contribution in [0.1, 0.15) is 36.3 Å². The Kier molecular flexibility index (Phi) is 6.52. The lowest BCUT2D eigenvalue weighted by Gasteiger charge is -2.17. The fraction of sp³-hybridized carbons (Fsp3) is 0.364. The van der Waals surface area contributed by atoms with Crippen molar-refractivity contribution in [3.8, 4) is 5.75 Å². The van der Waals surface area contributed by atoms with Gasteiger partial charge in [0.1, 0.15) is 17.1 Å². The van der Waals surface area contributed by atoms with Gasteiger partial charge in [0, 0.05) is 14.9 Å². The summed E-state index contributed by atoms with van der Waals surface area (Å²) in [7, 11) is 0. The lowest BCUT2D eigenvalue weighted by Crippen LogP contribution is -2.30. The first-order valence-corrected chi connectivity index (χ1v) is 11.8. The van der Waals surface area contributed by atoms with Crippen LogP contribution in [0.25, 0.3) is 10.2 Å². The first kappa shape index (κ1) is 21.7. The number of thiophene rings is 1. The fourth-order valence-electron chi connectivity index (χ4n) is 3.75. The number of ether oxygens (including phenoxy) is 1. The van der Waals surface area contributed by atoms with E-state index in [0.29, 0.717) is 23.7 Å². The smallest absolute Gasteiger partial charge is 0.262 e. The summed E-state index contributed by atoms with van der Waals surface area (Å²) in [6.07, 6.45) is 5.92. The highest BCUT2D eigenvalue weighted by Crippen LogP contribution is 2.35. The highest BCUT2D eigenvalue weighted by Gasteiger charge is 2.23. The van der Waals surface area contributed by atoms with E-state index in [-0.39, 0.29) is 12.1 Å². The Morgan fingerprint density at radius 3 is 3.13 bits per heavy atom. The third kappa shape index (κ3) is 4.72. The van der Waals surface area contributed by atoms with Crippen molar-refractivity contribution in [1.82, 2.24) is 15.0 Å². The van der Waals surface area contributed by atoms with Crippen LogP contribution in [-0.2, 0) is 24.2 Å². The van der Waals surface area contributed by atoms with Gasteiger partial charge in [0.05, 0.1) is 24.5 Å². The maximum absolute atomic E-state index is 13.0. The number of rotatable bonds is 6. The number of carbonyl (C=O) groups is 1. The number of nitrogens with one attached hydrogen (secondary N) is 1. The minimum atomic E-state index is -0.398.